The molecule has 0 spiro atoms. The Kier molecular flexibility index (Phi) is 2.61. The molecule has 0 saturated heterocycles. The van der Waals surface area contributed by atoms with Crippen LogP contribution in [0.3, 0.4) is 0 Å². The average Bonchev–Trinajstić information content (AvgIpc) is 2.37. The van der Waals surface area contributed by atoms with Crippen molar-refractivity contribution in [1.29, 1.82) is 5.26 Å². The van der Waals surface area contributed by atoms with Crippen LogP contribution in [0.5, 0.6) is 0 Å². The summed E-state index contributed by atoms with van der Waals surface area (Å²) in [5, 5.41) is 11.3. The summed E-state index contributed by atoms with van der Waals surface area (Å²) in [5.74, 6) is 0.471. The van der Waals surface area contributed by atoms with Crippen LogP contribution in [0.15, 0.2) is 5.38 Å². The monoisotopic (exact) mass is 166 g/mol. The normalized spacial score (nSPS) is 10.0. The summed E-state index contributed by atoms with van der Waals surface area (Å²) in [6, 6.07) is 2.08. The lowest BCUT2D eigenvalue weighted by atomic mass is 10.2. The van der Waals surface area contributed by atoms with Crippen LogP contribution in [0.2, 0.25) is 0 Å². The predicted octanol–water partition coefficient (Wildman–Crippen LogP) is 2.33. The zero-order valence-corrected chi connectivity index (χ0v) is 7.48. The fraction of sp³-hybridized carbons (Fsp3) is 0.500. The van der Waals surface area contributed by atoms with Gasteiger partial charge >= 0.3 is 0 Å². The first-order chi connectivity index (χ1) is 5.24. The Balaban J connectivity index is 2.75. The largest absolute Gasteiger partial charge is 0.245 e. The predicted molar refractivity (Wildman–Crippen MR) is 45.5 cm³/mol. The van der Waals surface area contributed by atoms with Gasteiger partial charge in [-0.25, -0.2) is 4.98 Å². The number of thiazole rings is 1. The molecule has 0 atom stereocenters. The molecule has 58 valence electrons. The maximum absolute atomic E-state index is 8.38. The van der Waals surface area contributed by atoms with E-state index < -0.39 is 0 Å². The summed E-state index contributed by atoms with van der Waals surface area (Å²) in [7, 11) is 0. The van der Waals surface area contributed by atoms with Gasteiger partial charge in [0.05, 0.1) is 18.2 Å². The van der Waals surface area contributed by atoms with Gasteiger partial charge in [0.15, 0.2) is 0 Å². The third-order valence-corrected chi connectivity index (χ3v) is 2.26. The molecule has 0 bridgehead atoms. The van der Waals surface area contributed by atoms with E-state index in [9.17, 15) is 0 Å². The van der Waals surface area contributed by atoms with Crippen molar-refractivity contribution >= 4 is 11.3 Å². The number of hydrogen-bond acceptors (Lipinski definition) is 3. The van der Waals surface area contributed by atoms with E-state index in [1.165, 1.54) is 0 Å². The third-order valence-electron chi connectivity index (χ3n) is 1.39. The number of hydrogen-bond donors (Lipinski definition) is 0. The van der Waals surface area contributed by atoms with Crippen molar-refractivity contribution in [1.82, 2.24) is 4.98 Å². The molecule has 0 aliphatic carbocycles. The smallest absolute Gasteiger partial charge is 0.107 e. The fourth-order valence-electron chi connectivity index (χ4n) is 0.739. The molecule has 3 heteroatoms. The van der Waals surface area contributed by atoms with Gasteiger partial charge in [0.1, 0.15) is 5.01 Å². The van der Waals surface area contributed by atoms with E-state index in [1.807, 2.05) is 5.38 Å². The second-order valence-corrected chi connectivity index (χ2v) is 3.60. The van der Waals surface area contributed by atoms with Gasteiger partial charge in [0, 0.05) is 5.38 Å². The van der Waals surface area contributed by atoms with Crippen LogP contribution in [0, 0.1) is 11.3 Å². The van der Waals surface area contributed by atoms with Crippen LogP contribution in [0.1, 0.15) is 30.5 Å². The van der Waals surface area contributed by atoms with E-state index in [-0.39, 0.29) is 0 Å². The lowest BCUT2D eigenvalue weighted by Gasteiger charge is -1.95. The van der Waals surface area contributed by atoms with Gasteiger partial charge in [-0.15, -0.1) is 11.3 Å². The van der Waals surface area contributed by atoms with Gasteiger partial charge < -0.3 is 0 Å². The van der Waals surface area contributed by atoms with Gasteiger partial charge in [-0.1, -0.05) is 13.8 Å². The van der Waals surface area contributed by atoms with Crippen molar-refractivity contribution in [2.24, 2.45) is 0 Å². The van der Waals surface area contributed by atoms with Crippen molar-refractivity contribution in [3.05, 3.63) is 16.1 Å². The van der Waals surface area contributed by atoms with Gasteiger partial charge in [0.25, 0.3) is 0 Å². The van der Waals surface area contributed by atoms with Crippen LogP contribution in [0.25, 0.3) is 0 Å². The first-order valence-electron chi connectivity index (χ1n) is 3.55. The Bertz CT molecular complexity index is 270. The highest BCUT2D eigenvalue weighted by atomic mass is 32.1. The molecule has 0 aliphatic rings. The van der Waals surface area contributed by atoms with Crippen molar-refractivity contribution in [3.63, 3.8) is 0 Å². The highest BCUT2D eigenvalue weighted by molar-refractivity contribution is 7.09. The number of aromatic nitrogens is 1. The second kappa shape index (κ2) is 3.49. The van der Waals surface area contributed by atoms with Gasteiger partial charge in [-0.2, -0.15) is 5.26 Å². The summed E-state index contributed by atoms with van der Waals surface area (Å²) in [6.45, 7) is 4.20. The van der Waals surface area contributed by atoms with Crippen LogP contribution in [-0.4, -0.2) is 4.98 Å². The molecule has 1 aromatic heterocycles. The van der Waals surface area contributed by atoms with Crippen molar-refractivity contribution in [3.8, 4) is 6.07 Å². The van der Waals surface area contributed by atoms with Crippen LogP contribution < -0.4 is 0 Å². The third kappa shape index (κ3) is 2.02. The lowest BCUT2D eigenvalue weighted by molar-refractivity contribution is 0.826. The summed E-state index contributed by atoms with van der Waals surface area (Å²) >= 11 is 1.57. The van der Waals surface area contributed by atoms with Gasteiger partial charge in [-0.05, 0) is 5.92 Å². The fourth-order valence-corrected chi connectivity index (χ4v) is 1.63. The van der Waals surface area contributed by atoms with E-state index in [2.05, 4.69) is 24.9 Å². The SMILES string of the molecule is CC(C)c1csc(CC#N)n1. The molecule has 0 fully saturated rings. The highest BCUT2D eigenvalue weighted by Crippen LogP contribution is 2.17. The molecule has 1 aromatic rings. The number of nitriles is 1. The Labute approximate surface area is 70.5 Å². The van der Waals surface area contributed by atoms with E-state index in [4.69, 9.17) is 5.26 Å². The van der Waals surface area contributed by atoms with E-state index >= 15 is 0 Å². The Morgan fingerprint density at radius 2 is 2.45 bits per heavy atom. The van der Waals surface area contributed by atoms with Crippen LogP contribution in [-0.2, 0) is 6.42 Å². The summed E-state index contributed by atoms with van der Waals surface area (Å²) in [6.07, 6.45) is 0.442. The molecular weight excluding hydrogens is 156 g/mol. The summed E-state index contributed by atoms with van der Waals surface area (Å²) in [4.78, 5) is 4.30. The number of nitrogens with zero attached hydrogens (tertiary/aromatic N) is 2. The molecule has 0 radical (unpaired) electrons. The minimum Gasteiger partial charge on any atom is -0.245 e. The second-order valence-electron chi connectivity index (χ2n) is 2.66. The van der Waals surface area contributed by atoms with Crippen molar-refractivity contribution in [2.45, 2.75) is 26.2 Å². The zero-order valence-electron chi connectivity index (χ0n) is 6.66. The van der Waals surface area contributed by atoms with Gasteiger partial charge in [-0.3, -0.25) is 0 Å². The van der Waals surface area contributed by atoms with E-state index in [0.29, 0.717) is 12.3 Å². The standard InChI is InChI=1S/C8H10N2S/c1-6(2)7-5-11-8(10-7)3-4-9/h5-6H,3H2,1-2H3. The van der Waals surface area contributed by atoms with Crippen molar-refractivity contribution < 1.29 is 0 Å². The molecule has 0 saturated carbocycles. The quantitative estimate of drug-likeness (QED) is 0.676. The molecule has 11 heavy (non-hydrogen) atoms. The van der Waals surface area contributed by atoms with E-state index in [0.717, 1.165) is 10.7 Å². The molecule has 0 aromatic carbocycles. The minimum absolute atomic E-state index is 0.442. The maximum Gasteiger partial charge on any atom is 0.107 e. The number of rotatable bonds is 2. The first-order valence-corrected chi connectivity index (χ1v) is 4.43. The highest BCUT2D eigenvalue weighted by Gasteiger charge is 2.03. The summed E-state index contributed by atoms with van der Waals surface area (Å²) in [5.41, 5.74) is 1.10. The minimum atomic E-state index is 0.442. The molecule has 2 nitrogen and oxygen atoms in total. The molecular formula is C8H10N2S. The molecule has 0 unspecified atom stereocenters. The van der Waals surface area contributed by atoms with Crippen molar-refractivity contribution in [2.75, 3.05) is 0 Å². The topological polar surface area (TPSA) is 36.7 Å². The molecule has 0 amide bonds. The van der Waals surface area contributed by atoms with Gasteiger partial charge in [0.2, 0.25) is 0 Å². The van der Waals surface area contributed by atoms with E-state index in [1.54, 1.807) is 11.3 Å². The Hall–Kier alpha value is -0.880. The summed E-state index contributed by atoms with van der Waals surface area (Å²) < 4.78 is 0. The Morgan fingerprint density at radius 3 is 2.91 bits per heavy atom. The van der Waals surface area contributed by atoms with Crippen LogP contribution in [0.4, 0.5) is 0 Å². The molecule has 1 rings (SSSR count). The lowest BCUT2D eigenvalue weighted by Crippen LogP contribution is -1.87. The van der Waals surface area contributed by atoms with Crippen LogP contribution >= 0.6 is 11.3 Å². The Morgan fingerprint density at radius 1 is 1.73 bits per heavy atom. The molecule has 0 N–H and O–H groups in total. The molecule has 0 aliphatic heterocycles. The zero-order chi connectivity index (χ0) is 8.27. The average molecular weight is 166 g/mol. The first kappa shape index (κ1) is 8.22. The maximum atomic E-state index is 8.38. The molecule has 1 heterocycles.